The molecule has 17 heavy (non-hydrogen) atoms. The molecule has 1 fully saturated rings. The van der Waals surface area contributed by atoms with Gasteiger partial charge in [0.1, 0.15) is 5.82 Å². The first kappa shape index (κ1) is 12.3. The SMILES string of the molecule is C[C@@H](N)c1ccc(N2CCS(=O)(=O)CC2)nc1. The van der Waals surface area contributed by atoms with Gasteiger partial charge in [-0.1, -0.05) is 6.07 Å². The first-order valence-corrected chi connectivity index (χ1v) is 7.47. The number of nitrogens with two attached hydrogens (primary N) is 1. The van der Waals surface area contributed by atoms with Crippen LogP contribution < -0.4 is 10.6 Å². The largest absolute Gasteiger partial charge is 0.355 e. The van der Waals surface area contributed by atoms with Gasteiger partial charge in [0.2, 0.25) is 0 Å². The quantitative estimate of drug-likeness (QED) is 0.824. The van der Waals surface area contributed by atoms with E-state index in [1.165, 1.54) is 0 Å². The highest BCUT2D eigenvalue weighted by Crippen LogP contribution is 2.16. The first-order chi connectivity index (χ1) is 7.98. The molecule has 2 N–H and O–H groups in total. The molecule has 0 aliphatic carbocycles. The highest BCUT2D eigenvalue weighted by Gasteiger charge is 2.22. The number of hydrogen-bond donors (Lipinski definition) is 1. The number of aromatic nitrogens is 1. The monoisotopic (exact) mass is 255 g/mol. The first-order valence-electron chi connectivity index (χ1n) is 5.65. The zero-order valence-electron chi connectivity index (χ0n) is 9.83. The number of pyridine rings is 1. The molecule has 0 amide bonds. The lowest BCUT2D eigenvalue weighted by Gasteiger charge is -2.27. The summed E-state index contributed by atoms with van der Waals surface area (Å²) >= 11 is 0. The Bertz CT molecular complexity index is 468. The molecule has 1 aliphatic heterocycles. The lowest BCUT2D eigenvalue weighted by Crippen LogP contribution is -2.40. The lowest BCUT2D eigenvalue weighted by atomic mass is 10.1. The summed E-state index contributed by atoms with van der Waals surface area (Å²) in [5, 5.41) is 0. The summed E-state index contributed by atoms with van der Waals surface area (Å²) in [7, 11) is -2.83. The Morgan fingerprint density at radius 3 is 2.47 bits per heavy atom. The minimum Gasteiger partial charge on any atom is -0.355 e. The Morgan fingerprint density at radius 2 is 2.00 bits per heavy atom. The smallest absolute Gasteiger partial charge is 0.153 e. The van der Waals surface area contributed by atoms with Gasteiger partial charge < -0.3 is 10.6 Å². The lowest BCUT2D eigenvalue weighted by molar-refractivity contribution is 0.586. The molecular formula is C11H17N3O2S. The molecular weight excluding hydrogens is 238 g/mol. The van der Waals surface area contributed by atoms with Gasteiger partial charge in [-0.2, -0.15) is 0 Å². The fourth-order valence-electron chi connectivity index (χ4n) is 1.80. The Labute approximate surface area is 102 Å². The predicted molar refractivity (Wildman–Crippen MR) is 67.7 cm³/mol. The van der Waals surface area contributed by atoms with E-state index in [0.717, 1.165) is 11.4 Å². The molecule has 1 aliphatic rings. The van der Waals surface area contributed by atoms with Gasteiger partial charge in [-0.3, -0.25) is 0 Å². The van der Waals surface area contributed by atoms with Crippen LogP contribution in [0, 0.1) is 0 Å². The average molecular weight is 255 g/mol. The predicted octanol–water partition coefficient (Wildman–Crippen LogP) is 0.336. The average Bonchev–Trinajstić information content (AvgIpc) is 2.29. The van der Waals surface area contributed by atoms with Crippen LogP contribution in [-0.4, -0.2) is 38.0 Å². The Hall–Kier alpha value is -1.14. The van der Waals surface area contributed by atoms with E-state index in [9.17, 15) is 8.42 Å². The van der Waals surface area contributed by atoms with Gasteiger partial charge in [-0.15, -0.1) is 0 Å². The Kier molecular flexibility index (Phi) is 3.35. The minimum atomic E-state index is -2.83. The minimum absolute atomic E-state index is 0.0294. The number of hydrogen-bond acceptors (Lipinski definition) is 5. The molecule has 5 nitrogen and oxygen atoms in total. The van der Waals surface area contributed by atoms with Crippen molar-refractivity contribution >= 4 is 15.7 Å². The van der Waals surface area contributed by atoms with Crippen LogP contribution in [0.1, 0.15) is 18.5 Å². The van der Waals surface area contributed by atoms with E-state index < -0.39 is 9.84 Å². The van der Waals surface area contributed by atoms with E-state index in [0.29, 0.717) is 13.1 Å². The third-order valence-corrected chi connectivity index (χ3v) is 4.57. The van der Waals surface area contributed by atoms with Crippen LogP contribution in [0.15, 0.2) is 18.3 Å². The molecule has 94 valence electrons. The van der Waals surface area contributed by atoms with Gasteiger partial charge in [0.25, 0.3) is 0 Å². The van der Waals surface area contributed by atoms with E-state index in [1.54, 1.807) is 6.20 Å². The van der Waals surface area contributed by atoms with Crippen molar-refractivity contribution in [1.82, 2.24) is 4.98 Å². The topological polar surface area (TPSA) is 76.3 Å². The maximum Gasteiger partial charge on any atom is 0.153 e. The standard InChI is InChI=1S/C11H17N3O2S/c1-9(12)10-2-3-11(13-8-10)14-4-6-17(15,16)7-5-14/h2-3,8-9H,4-7,12H2,1H3/t9-/m1/s1. The molecule has 0 unspecified atom stereocenters. The van der Waals surface area contributed by atoms with Gasteiger partial charge in [0.15, 0.2) is 9.84 Å². The normalized spacial score (nSPS) is 21.2. The molecule has 0 saturated carbocycles. The van der Waals surface area contributed by atoms with Crippen molar-refractivity contribution in [2.24, 2.45) is 5.73 Å². The summed E-state index contributed by atoms with van der Waals surface area (Å²) in [4.78, 5) is 6.31. The molecule has 1 aromatic heterocycles. The molecule has 0 radical (unpaired) electrons. The van der Waals surface area contributed by atoms with Gasteiger partial charge in [0, 0.05) is 25.3 Å². The van der Waals surface area contributed by atoms with Crippen LogP contribution in [0.3, 0.4) is 0 Å². The highest BCUT2D eigenvalue weighted by atomic mass is 32.2. The number of sulfone groups is 1. The van der Waals surface area contributed by atoms with E-state index >= 15 is 0 Å². The Morgan fingerprint density at radius 1 is 1.35 bits per heavy atom. The van der Waals surface area contributed by atoms with Gasteiger partial charge in [-0.25, -0.2) is 13.4 Å². The van der Waals surface area contributed by atoms with Crippen molar-refractivity contribution in [1.29, 1.82) is 0 Å². The molecule has 0 bridgehead atoms. The molecule has 1 atom stereocenters. The molecule has 2 rings (SSSR count). The van der Waals surface area contributed by atoms with E-state index in [4.69, 9.17) is 5.73 Å². The number of anilines is 1. The van der Waals surface area contributed by atoms with Crippen LogP contribution in [0.2, 0.25) is 0 Å². The zero-order valence-corrected chi connectivity index (χ0v) is 10.7. The second-order valence-electron chi connectivity index (χ2n) is 4.38. The van der Waals surface area contributed by atoms with Crippen molar-refractivity contribution < 1.29 is 8.42 Å². The zero-order chi connectivity index (χ0) is 12.5. The van der Waals surface area contributed by atoms with Crippen molar-refractivity contribution in [3.63, 3.8) is 0 Å². The third-order valence-electron chi connectivity index (χ3n) is 2.96. The number of rotatable bonds is 2. The summed E-state index contributed by atoms with van der Waals surface area (Å²) in [5.41, 5.74) is 6.73. The van der Waals surface area contributed by atoms with Crippen LogP contribution in [0.4, 0.5) is 5.82 Å². The fourth-order valence-corrected chi connectivity index (χ4v) is 3.00. The number of nitrogens with zero attached hydrogens (tertiary/aromatic N) is 2. The van der Waals surface area contributed by atoms with Gasteiger partial charge in [-0.05, 0) is 18.6 Å². The summed E-state index contributed by atoms with van der Waals surface area (Å²) in [6.45, 7) is 2.95. The van der Waals surface area contributed by atoms with Crippen molar-refractivity contribution in [2.45, 2.75) is 13.0 Å². The molecule has 1 aromatic rings. The molecule has 0 aromatic carbocycles. The summed E-state index contributed by atoms with van der Waals surface area (Å²) in [6.07, 6.45) is 1.75. The maximum atomic E-state index is 11.3. The molecule has 6 heteroatoms. The molecule has 2 heterocycles. The van der Waals surface area contributed by atoms with Crippen molar-refractivity contribution in [2.75, 3.05) is 29.5 Å². The van der Waals surface area contributed by atoms with Crippen LogP contribution >= 0.6 is 0 Å². The van der Waals surface area contributed by atoms with Crippen LogP contribution in [0.5, 0.6) is 0 Å². The van der Waals surface area contributed by atoms with E-state index in [-0.39, 0.29) is 17.5 Å². The van der Waals surface area contributed by atoms with Gasteiger partial charge >= 0.3 is 0 Å². The third kappa shape index (κ3) is 2.95. The van der Waals surface area contributed by atoms with E-state index in [1.807, 2.05) is 24.0 Å². The summed E-state index contributed by atoms with van der Waals surface area (Å²) in [5.74, 6) is 1.25. The van der Waals surface area contributed by atoms with Gasteiger partial charge in [0.05, 0.1) is 11.5 Å². The van der Waals surface area contributed by atoms with Crippen LogP contribution in [-0.2, 0) is 9.84 Å². The van der Waals surface area contributed by atoms with Crippen LogP contribution in [0.25, 0.3) is 0 Å². The summed E-state index contributed by atoms with van der Waals surface area (Å²) in [6, 6.07) is 3.81. The second kappa shape index (κ2) is 4.62. The summed E-state index contributed by atoms with van der Waals surface area (Å²) < 4.78 is 22.6. The molecule has 1 saturated heterocycles. The van der Waals surface area contributed by atoms with E-state index in [2.05, 4.69) is 4.98 Å². The maximum absolute atomic E-state index is 11.3. The van der Waals surface area contributed by atoms with Crippen molar-refractivity contribution in [3.8, 4) is 0 Å². The second-order valence-corrected chi connectivity index (χ2v) is 6.68. The highest BCUT2D eigenvalue weighted by molar-refractivity contribution is 7.91. The van der Waals surface area contributed by atoms with Crippen molar-refractivity contribution in [3.05, 3.63) is 23.9 Å². The molecule has 0 spiro atoms. The fraction of sp³-hybridized carbons (Fsp3) is 0.545. The Balaban J connectivity index is 2.09.